The van der Waals surface area contributed by atoms with Crippen molar-refractivity contribution in [2.45, 2.75) is 36.9 Å². The lowest BCUT2D eigenvalue weighted by Gasteiger charge is -2.09. The van der Waals surface area contributed by atoms with Crippen LogP contribution in [0.4, 0.5) is 13.2 Å². The Bertz CT molecular complexity index is 686. The van der Waals surface area contributed by atoms with Gasteiger partial charge in [0, 0.05) is 0 Å². The lowest BCUT2D eigenvalue weighted by molar-refractivity contribution is -0.274. The predicted octanol–water partition coefficient (Wildman–Crippen LogP) is 3.18. The summed E-state index contributed by atoms with van der Waals surface area (Å²) in [5, 5.41) is -0.338. The summed E-state index contributed by atoms with van der Waals surface area (Å²) in [7, 11) is -4.03. The van der Waals surface area contributed by atoms with Crippen molar-refractivity contribution in [3.8, 4) is 5.75 Å². The molecule has 0 amide bonds. The van der Waals surface area contributed by atoms with Gasteiger partial charge in [0.25, 0.3) is 9.84 Å². The number of benzene rings is 1. The molecule has 0 radical (unpaired) electrons. The van der Waals surface area contributed by atoms with E-state index in [2.05, 4.69) is 9.53 Å². The molecule has 0 unspecified atom stereocenters. The minimum atomic E-state index is -4.85. The fourth-order valence-corrected chi connectivity index (χ4v) is 3.99. The smallest absolute Gasteiger partial charge is 0.406 e. The van der Waals surface area contributed by atoms with E-state index in [0.717, 1.165) is 37.1 Å². The van der Waals surface area contributed by atoms with Gasteiger partial charge in [0.1, 0.15) is 5.75 Å². The molecular formula is C13H13F3N2O3S. The molecule has 0 N–H and O–H groups in total. The molecule has 22 heavy (non-hydrogen) atoms. The molecule has 0 aromatic heterocycles. The zero-order valence-corrected chi connectivity index (χ0v) is 12.2. The normalized spacial score (nSPS) is 16.3. The Kier molecular flexibility index (Phi) is 4.58. The van der Waals surface area contributed by atoms with Gasteiger partial charge in [0.2, 0.25) is 0 Å². The number of nitrogens with zero attached hydrogens (tertiary/aromatic N) is 2. The number of hydrogen-bond donors (Lipinski definition) is 0. The van der Waals surface area contributed by atoms with Crippen molar-refractivity contribution in [3.63, 3.8) is 0 Å². The fourth-order valence-electron chi connectivity index (χ4n) is 2.47. The molecule has 0 spiro atoms. The van der Waals surface area contributed by atoms with Crippen molar-refractivity contribution in [3.05, 3.63) is 29.8 Å². The van der Waals surface area contributed by atoms with Crippen molar-refractivity contribution in [2.75, 3.05) is 0 Å². The third kappa shape index (κ3) is 3.66. The summed E-state index contributed by atoms with van der Waals surface area (Å²) in [5.41, 5.74) is 9.03. The first kappa shape index (κ1) is 16.5. The van der Waals surface area contributed by atoms with Crippen molar-refractivity contribution in [1.82, 2.24) is 0 Å². The molecule has 120 valence electrons. The van der Waals surface area contributed by atoms with Crippen molar-refractivity contribution < 1.29 is 31.1 Å². The van der Waals surface area contributed by atoms with Crippen molar-refractivity contribution in [1.29, 1.82) is 0 Å². The zero-order chi connectivity index (χ0) is 16.4. The van der Waals surface area contributed by atoms with E-state index >= 15 is 0 Å². The van der Waals surface area contributed by atoms with Crippen LogP contribution in [0.15, 0.2) is 29.2 Å². The molecule has 0 saturated heterocycles. The first-order valence-corrected chi connectivity index (χ1v) is 8.05. The minimum Gasteiger partial charge on any atom is -0.406 e. The number of ether oxygens (including phenoxy) is 1. The van der Waals surface area contributed by atoms with Gasteiger partial charge in [-0.25, -0.2) is 8.42 Å². The third-order valence-electron chi connectivity index (χ3n) is 3.45. The van der Waals surface area contributed by atoms with Gasteiger partial charge in [-0.2, -0.15) is 4.79 Å². The average molecular weight is 334 g/mol. The molecule has 1 aromatic rings. The Hall–Kier alpha value is -1.86. The molecule has 0 heterocycles. The van der Waals surface area contributed by atoms with Crippen LogP contribution in [0.1, 0.15) is 25.7 Å². The van der Waals surface area contributed by atoms with E-state index in [9.17, 15) is 21.6 Å². The molecule has 0 atom stereocenters. The van der Waals surface area contributed by atoms with Crippen molar-refractivity contribution >= 4 is 14.9 Å². The van der Waals surface area contributed by atoms with Gasteiger partial charge in [-0.1, -0.05) is 12.8 Å². The van der Waals surface area contributed by atoms with E-state index in [4.69, 9.17) is 5.53 Å². The Labute approximate surface area is 125 Å². The summed E-state index contributed by atoms with van der Waals surface area (Å²) >= 11 is 0. The molecule has 2 rings (SSSR count). The second kappa shape index (κ2) is 6.10. The van der Waals surface area contributed by atoms with E-state index < -0.39 is 21.9 Å². The van der Waals surface area contributed by atoms with Crippen LogP contribution in [-0.2, 0) is 9.84 Å². The van der Waals surface area contributed by atoms with Gasteiger partial charge in [-0.05, 0) is 37.1 Å². The lowest BCUT2D eigenvalue weighted by Crippen LogP contribution is -2.24. The largest absolute Gasteiger partial charge is 0.573 e. The highest BCUT2D eigenvalue weighted by atomic mass is 32.2. The van der Waals surface area contributed by atoms with E-state index in [1.54, 1.807) is 0 Å². The Morgan fingerprint density at radius 1 is 1.18 bits per heavy atom. The highest BCUT2D eigenvalue weighted by Gasteiger charge is 2.39. The van der Waals surface area contributed by atoms with Crippen LogP contribution in [0.3, 0.4) is 0 Å². The van der Waals surface area contributed by atoms with Crippen LogP contribution in [0.2, 0.25) is 0 Å². The van der Waals surface area contributed by atoms with Crippen LogP contribution in [0.5, 0.6) is 5.75 Å². The van der Waals surface area contributed by atoms with Crippen LogP contribution >= 0.6 is 0 Å². The molecule has 9 heteroatoms. The number of sulfone groups is 1. The van der Waals surface area contributed by atoms with Gasteiger partial charge in [-0.15, -0.1) is 13.2 Å². The summed E-state index contributed by atoms with van der Waals surface area (Å²) in [4.78, 5) is 2.68. The Balaban J connectivity index is 2.27. The van der Waals surface area contributed by atoms with Gasteiger partial charge < -0.3 is 10.3 Å². The summed E-state index contributed by atoms with van der Waals surface area (Å²) in [6, 6.07) is 3.81. The topological polar surface area (TPSA) is 79.8 Å². The second-order valence-corrected chi connectivity index (χ2v) is 6.84. The summed E-state index contributed by atoms with van der Waals surface area (Å²) in [6.07, 6.45) is -1.95. The second-order valence-electron chi connectivity index (χ2n) is 4.94. The van der Waals surface area contributed by atoms with Gasteiger partial charge in [0.05, 0.1) is 10.8 Å². The molecule has 0 aliphatic heterocycles. The molecular weight excluding hydrogens is 321 g/mol. The average Bonchev–Trinajstić information content (AvgIpc) is 2.91. The number of halogens is 3. The highest BCUT2D eigenvalue weighted by molar-refractivity contribution is 8.06. The van der Waals surface area contributed by atoms with E-state index in [1.807, 2.05) is 0 Å². The number of rotatable bonds is 3. The molecule has 1 fully saturated rings. The van der Waals surface area contributed by atoms with E-state index in [-0.39, 0.29) is 15.9 Å². The SMILES string of the molecule is [N-]=[N+]=C(C1CCCC1)S(=O)(=O)c1ccc(OC(F)(F)F)cc1. The molecule has 1 aromatic carbocycles. The fraction of sp³-hybridized carbons (Fsp3) is 0.462. The van der Waals surface area contributed by atoms with Crippen molar-refractivity contribution in [2.24, 2.45) is 5.92 Å². The number of alkyl halides is 3. The summed E-state index contributed by atoms with van der Waals surface area (Å²) < 4.78 is 64.7. The molecule has 5 nitrogen and oxygen atoms in total. The Morgan fingerprint density at radius 2 is 1.73 bits per heavy atom. The summed E-state index contributed by atoms with van der Waals surface area (Å²) in [5.74, 6) is -0.879. The monoisotopic (exact) mass is 334 g/mol. The predicted molar refractivity (Wildman–Crippen MR) is 70.9 cm³/mol. The quantitative estimate of drug-likeness (QED) is 0.368. The third-order valence-corrected chi connectivity index (χ3v) is 5.30. The van der Waals surface area contributed by atoms with Gasteiger partial charge in [-0.3, -0.25) is 0 Å². The standard InChI is InChI=1S/C13H13F3N2O3S/c14-13(15,16)21-10-5-7-11(8-6-10)22(19,20)12(18-17)9-3-1-2-4-9/h5-9H,1-4H2. The minimum absolute atomic E-state index is 0.235. The summed E-state index contributed by atoms with van der Waals surface area (Å²) in [6.45, 7) is 0. The van der Waals surface area contributed by atoms with Crippen LogP contribution in [0, 0.1) is 5.92 Å². The lowest BCUT2D eigenvalue weighted by atomic mass is 10.1. The maximum Gasteiger partial charge on any atom is 0.573 e. The van der Waals surface area contributed by atoms with Crippen LogP contribution in [-0.4, -0.2) is 24.6 Å². The van der Waals surface area contributed by atoms with Crippen LogP contribution < -0.4 is 4.74 Å². The van der Waals surface area contributed by atoms with E-state index in [1.165, 1.54) is 0 Å². The molecule has 0 bridgehead atoms. The van der Waals surface area contributed by atoms with E-state index in [0.29, 0.717) is 12.8 Å². The molecule has 1 aliphatic carbocycles. The first-order chi connectivity index (χ1) is 10.2. The first-order valence-electron chi connectivity index (χ1n) is 6.57. The Morgan fingerprint density at radius 3 is 2.18 bits per heavy atom. The maximum atomic E-state index is 12.4. The molecule has 1 aliphatic rings. The maximum absolute atomic E-state index is 12.4. The van der Waals surface area contributed by atoms with Gasteiger partial charge >= 0.3 is 11.4 Å². The van der Waals surface area contributed by atoms with Gasteiger partial charge in [0.15, 0.2) is 0 Å². The number of hydrogen-bond acceptors (Lipinski definition) is 3. The zero-order valence-electron chi connectivity index (χ0n) is 11.4. The van der Waals surface area contributed by atoms with Crippen LogP contribution in [0.25, 0.3) is 5.53 Å². The molecule has 1 saturated carbocycles. The highest BCUT2D eigenvalue weighted by Crippen LogP contribution is 2.30.